The van der Waals surface area contributed by atoms with Crippen molar-refractivity contribution in [2.45, 2.75) is 38.8 Å². The fraction of sp³-hybridized carbons (Fsp3) is 0.435. The van der Waals surface area contributed by atoms with Gasteiger partial charge in [0.05, 0.1) is 26.8 Å². The van der Waals surface area contributed by atoms with Crippen LogP contribution in [0.5, 0.6) is 11.5 Å². The molecule has 1 aliphatic rings. The molecule has 0 saturated carbocycles. The summed E-state index contributed by atoms with van der Waals surface area (Å²) in [6.07, 6.45) is 2.07. The molecule has 0 unspecified atom stereocenters. The number of likely N-dealkylation sites (tertiary alicyclic amines) is 1. The third kappa shape index (κ3) is 4.47. The number of benzene rings is 2. The maximum absolute atomic E-state index is 12.7. The molecule has 0 bridgehead atoms. The monoisotopic (exact) mass is 382 g/mol. The summed E-state index contributed by atoms with van der Waals surface area (Å²) in [5, 5.41) is 3.15. The van der Waals surface area contributed by atoms with E-state index in [0.29, 0.717) is 6.54 Å². The number of ether oxygens (including phenoxy) is 2. The van der Waals surface area contributed by atoms with E-state index in [1.54, 1.807) is 14.2 Å². The first-order valence-corrected chi connectivity index (χ1v) is 9.84. The predicted octanol–water partition coefficient (Wildman–Crippen LogP) is 4.03. The normalized spacial score (nSPS) is 17.9. The van der Waals surface area contributed by atoms with Crippen LogP contribution in [-0.4, -0.2) is 38.1 Å². The van der Waals surface area contributed by atoms with Crippen LogP contribution in [0.1, 0.15) is 48.5 Å². The second-order valence-corrected chi connectivity index (χ2v) is 7.38. The van der Waals surface area contributed by atoms with Crippen LogP contribution in [0, 0.1) is 6.92 Å². The zero-order valence-corrected chi connectivity index (χ0v) is 17.2. The van der Waals surface area contributed by atoms with Crippen molar-refractivity contribution >= 4 is 5.91 Å². The van der Waals surface area contributed by atoms with Gasteiger partial charge in [-0.15, -0.1) is 0 Å². The van der Waals surface area contributed by atoms with Crippen molar-refractivity contribution in [2.24, 2.45) is 0 Å². The Kier molecular flexibility index (Phi) is 6.57. The second kappa shape index (κ2) is 9.11. The Balaban J connectivity index is 1.70. The van der Waals surface area contributed by atoms with E-state index in [2.05, 4.69) is 29.3 Å². The molecule has 0 radical (unpaired) electrons. The zero-order chi connectivity index (χ0) is 20.1. The lowest BCUT2D eigenvalue weighted by Crippen LogP contribution is -2.38. The molecule has 2 aromatic rings. The fourth-order valence-corrected chi connectivity index (χ4v) is 4.09. The van der Waals surface area contributed by atoms with E-state index in [4.69, 9.17) is 9.47 Å². The molecular formula is C23H30N2O3. The lowest BCUT2D eigenvalue weighted by Gasteiger charge is -2.27. The van der Waals surface area contributed by atoms with Gasteiger partial charge in [-0.2, -0.15) is 0 Å². The van der Waals surface area contributed by atoms with E-state index in [9.17, 15) is 4.79 Å². The summed E-state index contributed by atoms with van der Waals surface area (Å²) in [5.41, 5.74) is 3.43. The average molecular weight is 383 g/mol. The molecule has 28 heavy (non-hydrogen) atoms. The molecule has 3 rings (SSSR count). The maximum Gasteiger partial charge on any atom is 0.234 e. The summed E-state index contributed by atoms with van der Waals surface area (Å²) in [5.74, 6) is 1.69. The van der Waals surface area contributed by atoms with E-state index in [0.717, 1.165) is 42.0 Å². The Morgan fingerprint density at radius 2 is 2.00 bits per heavy atom. The van der Waals surface area contributed by atoms with E-state index in [1.165, 1.54) is 5.56 Å². The lowest BCUT2D eigenvalue weighted by molar-refractivity contribution is -0.123. The molecule has 1 amide bonds. The summed E-state index contributed by atoms with van der Waals surface area (Å²) >= 11 is 0. The minimum atomic E-state index is -0.0129. The first-order chi connectivity index (χ1) is 13.5. The van der Waals surface area contributed by atoms with Crippen molar-refractivity contribution in [3.63, 3.8) is 0 Å². The van der Waals surface area contributed by atoms with Crippen LogP contribution in [0.15, 0.2) is 42.5 Å². The molecule has 1 heterocycles. The molecule has 5 nitrogen and oxygen atoms in total. The highest BCUT2D eigenvalue weighted by Crippen LogP contribution is 2.38. The van der Waals surface area contributed by atoms with Crippen LogP contribution in [0.25, 0.3) is 0 Å². The van der Waals surface area contributed by atoms with E-state index >= 15 is 0 Å². The number of hydrogen-bond donors (Lipinski definition) is 1. The summed E-state index contributed by atoms with van der Waals surface area (Å²) in [6.45, 7) is 5.38. The molecule has 150 valence electrons. The number of aryl methyl sites for hydroxylation is 1. The van der Waals surface area contributed by atoms with Gasteiger partial charge in [0.15, 0.2) is 0 Å². The summed E-state index contributed by atoms with van der Waals surface area (Å²) in [4.78, 5) is 15.0. The largest absolute Gasteiger partial charge is 0.497 e. The van der Waals surface area contributed by atoms with Crippen molar-refractivity contribution in [3.05, 3.63) is 59.2 Å². The van der Waals surface area contributed by atoms with Crippen LogP contribution < -0.4 is 14.8 Å². The Labute approximate surface area is 167 Å². The molecule has 1 N–H and O–H groups in total. The zero-order valence-electron chi connectivity index (χ0n) is 17.2. The van der Waals surface area contributed by atoms with Crippen LogP contribution in [-0.2, 0) is 4.79 Å². The number of hydrogen-bond acceptors (Lipinski definition) is 4. The van der Waals surface area contributed by atoms with Crippen molar-refractivity contribution in [3.8, 4) is 11.5 Å². The smallest absolute Gasteiger partial charge is 0.234 e. The third-order valence-corrected chi connectivity index (χ3v) is 5.54. The number of carbonyl (C=O) groups excluding carboxylic acids is 1. The van der Waals surface area contributed by atoms with Gasteiger partial charge in [0.2, 0.25) is 5.91 Å². The Morgan fingerprint density at radius 3 is 2.71 bits per heavy atom. The van der Waals surface area contributed by atoms with Crippen LogP contribution in [0.2, 0.25) is 0 Å². The fourth-order valence-electron chi connectivity index (χ4n) is 4.09. The van der Waals surface area contributed by atoms with Gasteiger partial charge in [0.25, 0.3) is 0 Å². The van der Waals surface area contributed by atoms with Crippen molar-refractivity contribution in [1.82, 2.24) is 10.2 Å². The quantitative estimate of drug-likeness (QED) is 0.786. The van der Waals surface area contributed by atoms with Gasteiger partial charge in [-0.25, -0.2) is 0 Å². The Hall–Kier alpha value is -2.53. The number of carbonyl (C=O) groups is 1. The maximum atomic E-state index is 12.7. The van der Waals surface area contributed by atoms with Crippen molar-refractivity contribution in [2.75, 3.05) is 27.3 Å². The standard InChI is InChI=1S/C23H30N2O3/c1-16-8-5-6-9-19(16)17(2)24-23(26)15-25-13-7-10-21(25)20-14-18(27-3)11-12-22(20)28-4/h5-6,8-9,11-12,14,17,21H,7,10,13,15H2,1-4H3,(H,24,26)/t17-,21-/m1/s1. The third-order valence-electron chi connectivity index (χ3n) is 5.54. The van der Waals surface area contributed by atoms with Gasteiger partial charge in [-0.05, 0) is 62.6 Å². The van der Waals surface area contributed by atoms with Gasteiger partial charge < -0.3 is 14.8 Å². The highest BCUT2D eigenvalue weighted by atomic mass is 16.5. The van der Waals surface area contributed by atoms with Gasteiger partial charge in [0, 0.05) is 11.6 Å². The molecule has 5 heteroatoms. The van der Waals surface area contributed by atoms with Gasteiger partial charge in [-0.3, -0.25) is 9.69 Å². The van der Waals surface area contributed by atoms with Gasteiger partial charge in [-0.1, -0.05) is 24.3 Å². The van der Waals surface area contributed by atoms with Gasteiger partial charge >= 0.3 is 0 Å². The minimum absolute atomic E-state index is 0.0129. The molecule has 1 saturated heterocycles. The van der Waals surface area contributed by atoms with Crippen LogP contribution in [0.4, 0.5) is 0 Å². The SMILES string of the molecule is COc1ccc(OC)c([C@H]2CCCN2CC(=O)N[C@H](C)c2ccccc2C)c1. The number of nitrogens with zero attached hydrogens (tertiary/aromatic N) is 1. The lowest BCUT2D eigenvalue weighted by atomic mass is 10.0. The average Bonchev–Trinajstić information content (AvgIpc) is 3.15. The Morgan fingerprint density at radius 1 is 1.21 bits per heavy atom. The summed E-state index contributed by atoms with van der Waals surface area (Å²) < 4.78 is 11.0. The molecule has 0 aromatic heterocycles. The van der Waals surface area contributed by atoms with Crippen molar-refractivity contribution < 1.29 is 14.3 Å². The minimum Gasteiger partial charge on any atom is -0.497 e. The number of nitrogens with one attached hydrogen (secondary N) is 1. The molecule has 2 atom stereocenters. The predicted molar refractivity (Wildman–Crippen MR) is 111 cm³/mol. The number of methoxy groups -OCH3 is 2. The number of rotatable bonds is 7. The molecule has 1 aliphatic heterocycles. The molecular weight excluding hydrogens is 352 g/mol. The summed E-state index contributed by atoms with van der Waals surface area (Å²) in [7, 11) is 3.35. The van der Waals surface area contributed by atoms with Crippen molar-refractivity contribution in [1.29, 1.82) is 0 Å². The molecule has 0 aliphatic carbocycles. The first-order valence-electron chi connectivity index (χ1n) is 9.84. The highest BCUT2D eigenvalue weighted by Gasteiger charge is 2.30. The van der Waals surface area contributed by atoms with E-state index in [1.807, 2.05) is 37.3 Å². The summed E-state index contributed by atoms with van der Waals surface area (Å²) in [6, 6.07) is 14.2. The molecule has 2 aromatic carbocycles. The Bertz CT molecular complexity index is 821. The topological polar surface area (TPSA) is 50.8 Å². The van der Waals surface area contributed by atoms with Crippen LogP contribution in [0.3, 0.4) is 0 Å². The first kappa shape index (κ1) is 20.2. The molecule has 1 fully saturated rings. The second-order valence-electron chi connectivity index (χ2n) is 7.38. The number of amides is 1. The molecule has 0 spiro atoms. The van der Waals surface area contributed by atoms with E-state index < -0.39 is 0 Å². The van der Waals surface area contributed by atoms with Gasteiger partial charge in [0.1, 0.15) is 11.5 Å². The van der Waals surface area contributed by atoms with E-state index in [-0.39, 0.29) is 18.0 Å². The van der Waals surface area contributed by atoms with Crippen LogP contribution >= 0.6 is 0 Å². The highest BCUT2D eigenvalue weighted by molar-refractivity contribution is 5.78.